The maximum atomic E-state index is 11.5. The fourth-order valence-electron chi connectivity index (χ4n) is 1.55. The first-order chi connectivity index (χ1) is 8.09. The van der Waals surface area contributed by atoms with Gasteiger partial charge in [-0.3, -0.25) is 4.79 Å². The Kier molecular flexibility index (Phi) is 3.02. The molecule has 0 saturated carbocycles. The summed E-state index contributed by atoms with van der Waals surface area (Å²) >= 11 is 6.12. The van der Waals surface area contributed by atoms with Crippen LogP contribution in [0.1, 0.15) is 6.92 Å². The van der Waals surface area contributed by atoms with Gasteiger partial charge in [-0.05, 0) is 31.2 Å². The van der Waals surface area contributed by atoms with E-state index in [4.69, 9.17) is 21.2 Å². The summed E-state index contributed by atoms with van der Waals surface area (Å²) < 4.78 is 4.80. The Hall–Kier alpha value is -1.62. The molecule has 0 aromatic carbocycles. The van der Waals surface area contributed by atoms with E-state index in [9.17, 15) is 9.59 Å². The predicted molar refractivity (Wildman–Crippen MR) is 60.8 cm³/mol. The van der Waals surface area contributed by atoms with Gasteiger partial charge >= 0.3 is 5.97 Å². The normalized spacial score (nSPS) is 24.7. The summed E-state index contributed by atoms with van der Waals surface area (Å²) in [4.78, 5) is 27.7. The second-order valence-corrected chi connectivity index (χ2v) is 4.01. The number of halogens is 1. The molecule has 17 heavy (non-hydrogen) atoms. The largest absolute Gasteiger partial charge is 0.461 e. The molecule has 1 atom stereocenters. The number of hydrogen-bond acceptors (Lipinski definition) is 5. The van der Waals surface area contributed by atoms with E-state index in [1.807, 2.05) is 0 Å². The zero-order chi connectivity index (χ0) is 12.5. The molecule has 0 bridgehead atoms. The van der Waals surface area contributed by atoms with Crippen LogP contribution in [0.15, 0.2) is 29.5 Å². The minimum Gasteiger partial charge on any atom is -0.461 e. The van der Waals surface area contributed by atoms with Crippen molar-refractivity contribution < 1.29 is 19.2 Å². The smallest absolute Gasteiger partial charge is 0.357 e. The molecule has 1 heterocycles. The van der Waals surface area contributed by atoms with Crippen LogP contribution < -0.4 is 0 Å². The van der Waals surface area contributed by atoms with Crippen molar-refractivity contribution in [3.63, 3.8) is 0 Å². The number of ether oxygens (including phenoxy) is 1. The van der Waals surface area contributed by atoms with Gasteiger partial charge in [0.2, 0.25) is 0 Å². The number of oxime groups is 1. The first-order valence-electron chi connectivity index (χ1n) is 5.09. The molecule has 5 nitrogen and oxygen atoms in total. The number of ketones is 1. The molecule has 1 aliphatic carbocycles. The van der Waals surface area contributed by atoms with E-state index in [1.165, 1.54) is 24.3 Å². The van der Waals surface area contributed by atoms with Gasteiger partial charge in [-0.25, -0.2) is 4.79 Å². The van der Waals surface area contributed by atoms with Crippen LogP contribution in [0, 0.1) is 0 Å². The second kappa shape index (κ2) is 4.33. The number of carbonyl (C=O) groups excluding carboxylic acids is 2. The highest BCUT2D eigenvalue weighted by Gasteiger charge is 2.48. The molecule has 1 spiro atoms. The van der Waals surface area contributed by atoms with E-state index in [0.29, 0.717) is 0 Å². The summed E-state index contributed by atoms with van der Waals surface area (Å²) in [6.07, 6.45) is 5.64. The van der Waals surface area contributed by atoms with E-state index < -0.39 is 16.9 Å². The molecule has 0 N–H and O–H groups in total. The van der Waals surface area contributed by atoms with E-state index >= 15 is 0 Å². The van der Waals surface area contributed by atoms with Crippen LogP contribution in [0.3, 0.4) is 0 Å². The lowest BCUT2D eigenvalue weighted by Gasteiger charge is -2.23. The van der Waals surface area contributed by atoms with Crippen LogP contribution in [-0.2, 0) is 19.2 Å². The minimum atomic E-state index is -1.06. The fourth-order valence-corrected chi connectivity index (χ4v) is 1.86. The van der Waals surface area contributed by atoms with Crippen LogP contribution in [0.25, 0.3) is 0 Å². The maximum Gasteiger partial charge on any atom is 0.357 e. The number of hydrogen-bond donors (Lipinski definition) is 0. The van der Waals surface area contributed by atoms with Gasteiger partial charge in [0.25, 0.3) is 0 Å². The van der Waals surface area contributed by atoms with Crippen molar-refractivity contribution in [3.05, 3.63) is 24.3 Å². The van der Waals surface area contributed by atoms with Gasteiger partial charge in [-0.1, -0.05) is 5.16 Å². The Labute approximate surface area is 103 Å². The summed E-state index contributed by atoms with van der Waals surface area (Å²) in [6.45, 7) is 1.92. The molecule has 0 saturated heterocycles. The van der Waals surface area contributed by atoms with Crippen LogP contribution in [-0.4, -0.2) is 35.0 Å². The van der Waals surface area contributed by atoms with E-state index in [-0.39, 0.29) is 18.1 Å². The summed E-state index contributed by atoms with van der Waals surface area (Å²) in [5, 5.41) is 2.83. The zero-order valence-corrected chi connectivity index (χ0v) is 9.81. The third kappa shape index (κ3) is 1.98. The average Bonchev–Trinajstić information content (AvgIpc) is 2.62. The van der Waals surface area contributed by atoms with Crippen LogP contribution in [0.5, 0.6) is 0 Å². The van der Waals surface area contributed by atoms with Gasteiger partial charge in [-0.15, -0.1) is 11.6 Å². The quantitative estimate of drug-likeness (QED) is 0.545. The second-order valence-electron chi connectivity index (χ2n) is 3.57. The van der Waals surface area contributed by atoms with E-state index in [2.05, 4.69) is 5.16 Å². The van der Waals surface area contributed by atoms with E-state index in [1.54, 1.807) is 6.92 Å². The van der Waals surface area contributed by atoms with Gasteiger partial charge in [-0.2, -0.15) is 0 Å². The number of esters is 1. The average molecular weight is 256 g/mol. The monoisotopic (exact) mass is 255 g/mol. The highest BCUT2D eigenvalue weighted by atomic mass is 35.5. The van der Waals surface area contributed by atoms with Crippen LogP contribution in [0.2, 0.25) is 0 Å². The van der Waals surface area contributed by atoms with Gasteiger partial charge in [0.1, 0.15) is 5.38 Å². The molecular weight excluding hydrogens is 246 g/mol. The molecule has 0 amide bonds. The summed E-state index contributed by atoms with van der Waals surface area (Å²) in [5.41, 5.74) is -1.05. The summed E-state index contributed by atoms with van der Waals surface area (Å²) in [5.74, 6) is -0.768. The molecular formula is C11H10ClNO4. The van der Waals surface area contributed by atoms with Gasteiger partial charge < -0.3 is 9.57 Å². The summed E-state index contributed by atoms with van der Waals surface area (Å²) in [6, 6.07) is 0. The molecule has 6 heteroatoms. The van der Waals surface area contributed by atoms with Crippen molar-refractivity contribution in [2.45, 2.75) is 17.9 Å². The zero-order valence-electron chi connectivity index (χ0n) is 9.05. The number of allylic oxidation sites excluding steroid dienone is 2. The predicted octanol–water partition coefficient (Wildman–Crippen LogP) is 0.977. The third-order valence-electron chi connectivity index (χ3n) is 2.44. The van der Waals surface area contributed by atoms with E-state index in [0.717, 1.165) is 0 Å². The number of rotatable bonds is 2. The highest BCUT2D eigenvalue weighted by molar-refractivity contribution is 6.50. The molecule has 0 unspecified atom stereocenters. The first-order valence-corrected chi connectivity index (χ1v) is 5.52. The van der Waals surface area contributed by atoms with Crippen molar-refractivity contribution in [2.24, 2.45) is 5.16 Å². The summed E-state index contributed by atoms with van der Waals surface area (Å²) in [7, 11) is 0. The molecule has 0 aromatic rings. The lowest BCUT2D eigenvalue weighted by Crippen LogP contribution is -2.40. The van der Waals surface area contributed by atoms with Crippen molar-refractivity contribution >= 4 is 29.1 Å². The number of alkyl halides is 1. The Bertz CT molecular complexity index is 436. The highest BCUT2D eigenvalue weighted by Crippen LogP contribution is 2.33. The molecule has 0 radical (unpaired) electrons. The SMILES string of the molecule is CCOC(=O)C1=NOC2(C=CC(=O)C=C2)[C@@H]1Cl. The number of carbonyl (C=O) groups is 2. The molecule has 0 fully saturated rings. The van der Waals surface area contributed by atoms with Gasteiger partial charge in [0, 0.05) is 0 Å². The first kappa shape index (κ1) is 11.9. The molecule has 2 aliphatic rings. The standard InChI is InChI=1S/C11H10ClNO4/c1-2-16-10(15)8-9(12)11(17-13-8)5-3-7(14)4-6-11/h3-6,9H,2H2,1H3/t9-/m1/s1. The van der Waals surface area contributed by atoms with Gasteiger partial charge in [0.15, 0.2) is 17.1 Å². The van der Waals surface area contributed by atoms with Crippen molar-refractivity contribution in [2.75, 3.05) is 6.61 Å². The lowest BCUT2D eigenvalue weighted by atomic mass is 9.92. The van der Waals surface area contributed by atoms with Crippen LogP contribution in [0.4, 0.5) is 0 Å². The molecule has 90 valence electrons. The fraction of sp³-hybridized carbons (Fsp3) is 0.364. The molecule has 0 aromatic heterocycles. The van der Waals surface area contributed by atoms with Crippen molar-refractivity contribution in [3.8, 4) is 0 Å². The molecule has 1 aliphatic heterocycles. The number of nitrogens with zero attached hydrogens (tertiary/aromatic N) is 1. The lowest BCUT2D eigenvalue weighted by molar-refractivity contribution is -0.135. The Morgan fingerprint density at radius 1 is 1.59 bits per heavy atom. The topological polar surface area (TPSA) is 65.0 Å². The molecule has 2 rings (SSSR count). The van der Waals surface area contributed by atoms with Gasteiger partial charge in [0.05, 0.1) is 6.61 Å². The van der Waals surface area contributed by atoms with Crippen LogP contribution >= 0.6 is 11.6 Å². The maximum absolute atomic E-state index is 11.5. The third-order valence-corrected chi connectivity index (χ3v) is 2.99. The van der Waals surface area contributed by atoms with Crippen molar-refractivity contribution in [1.29, 1.82) is 0 Å². The Morgan fingerprint density at radius 3 is 2.82 bits per heavy atom. The Morgan fingerprint density at radius 2 is 2.24 bits per heavy atom. The Balaban J connectivity index is 2.19. The van der Waals surface area contributed by atoms with Crippen molar-refractivity contribution in [1.82, 2.24) is 0 Å². The minimum absolute atomic E-state index is 0.0113.